The van der Waals surface area contributed by atoms with E-state index in [0.29, 0.717) is 0 Å². The van der Waals surface area contributed by atoms with Gasteiger partial charge in [0.25, 0.3) is 0 Å². The molecule has 0 amide bonds. The maximum Gasteiger partial charge on any atom is -0.0348 e. The van der Waals surface area contributed by atoms with Gasteiger partial charge in [0.05, 0.1) is 0 Å². The van der Waals surface area contributed by atoms with E-state index in [-0.39, 0.29) is 0 Å². The maximum atomic E-state index is 2.26. The van der Waals surface area contributed by atoms with Gasteiger partial charge in [-0.15, -0.1) is 0 Å². The summed E-state index contributed by atoms with van der Waals surface area (Å²) in [7, 11) is 0. The number of rotatable bonds is 0. The Kier molecular flexibility index (Phi) is 15.5. The largest absolute Gasteiger partial charge is 0.0845 e. The molecule has 0 atom stereocenters. The Hall–Kier alpha value is -2.60. The highest BCUT2D eigenvalue weighted by Gasteiger charge is 1.86. The van der Waals surface area contributed by atoms with Crippen molar-refractivity contribution < 1.29 is 0 Å². The predicted molar refractivity (Wildman–Crippen MR) is 119 cm³/mol. The predicted octanol–water partition coefficient (Wildman–Crippen LogP) is 7.90. The number of hydrogen-bond donors (Lipinski definition) is 0. The average Bonchev–Trinajstić information content (AvgIpc) is 2.65. The minimum Gasteiger partial charge on any atom is -0.0845 e. The monoisotopic (exact) mass is 344 g/mol. The second-order valence-electron chi connectivity index (χ2n) is 5.93. The van der Waals surface area contributed by atoms with Gasteiger partial charge in [0, 0.05) is 0 Å². The van der Waals surface area contributed by atoms with Crippen LogP contribution in [0.4, 0.5) is 0 Å². The molecule has 0 saturated heterocycles. The van der Waals surface area contributed by atoms with E-state index in [4.69, 9.17) is 0 Å². The van der Waals surface area contributed by atoms with Crippen LogP contribution in [-0.2, 0) is 0 Å². The van der Waals surface area contributed by atoms with E-state index in [1.165, 1.54) is 38.5 Å². The standard InChI is InChI=1S/C26H32/c1-2-4-6-8-10-12-14-16-18-20-22-24-26-25-23-21-19-17-15-13-11-9-7-5-3-1/h1-20H,21-26H2. The van der Waals surface area contributed by atoms with Crippen LogP contribution in [0, 0.1) is 0 Å². The minimum absolute atomic E-state index is 1.17. The normalized spacial score (nSPS) is 17.8. The van der Waals surface area contributed by atoms with Crippen LogP contribution in [0.2, 0.25) is 0 Å². The van der Waals surface area contributed by atoms with Crippen LogP contribution in [0.3, 0.4) is 0 Å². The summed E-state index contributed by atoms with van der Waals surface area (Å²) in [5.74, 6) is 0. The Morgan fingerprint density at radius 1 is 0.231 bits per heavy atom. The molecule has 136 valence electrons. The fourth-order valence-corrected chi connectivity index (χ4v) is 2.25. The van der Waals surface area contributed by atoms with Crippen LogP contribution in [-0.4, -0.2) is 0 Å². The molecule has 0 bridgehead atoms. The van der Waals surface area contributed by atoms with Crippen LogP contribution in [0.5, 0.6) is 0 Å². The van der Waals surface area contributed by atoms with E-state index in [2.05, 4.69) is 48.6 Å². The molecular formula is C26H32. The van der Waals surface area contributed by atoms with Crippen molar-refractivity contribution in [2.75, 3.05) is 0 Å². The van der Waals surface area contributed by atoms with Crippen molar-refractivity contribution in [2.24, 2.45) is 0 Å². The first-order valence-corrected chi connectivity index (χ1v) is 9.65. The molecule has 0 fully saturated rings. The van der Waals surface area contributed by atoms with Crippen LogP contribution in [0.25, 0.3) is 0 Å². The molecule has 0 aromatic carbocycles. The first kappa shape index (κ1) is 21.4. The molecule has 0 nitrogen and oxygen atoms in total. The molecule has 0 heterocycles. The SMILES string of the molecule is C1=CC=CC=CC=CC=CCCCCCCC=CC=CC=CC=CC=C1. The molecule has 0 radical (unpaired) electrons. The van der Waals surface area contributed by atoms with Gasteiger partial charge in [-0.25, -0.2) is 0 Å². The summed E-state index contributed by atoms with van der Waals surface area (Å²) in [5, 5.41) is 0. The number of allylic oxidation sites excluding steroid dienone is 20. The molecule has 0 saturated carbocycles. The summed E-state index contributed by atoms with van der Waals surface area (Å²) in [6.07, 6.45) is 49.0. The number of hydrogen-bond acceptors (Lipinski definition) is 0. The highest BCUT2D eigenvalue weighted by Crippen LogP contribution is 2.06. The molecule has 0 spiro atoms. The lowest BCUT2D eigenvalue weighted by atomic mass is 10.1. The van der Waals surface area contributed by atoms with E-state index in [1.54, 1.807) is 0 Å². The summed E-state index contributed by atoms with van der Waals surface area (Å²) in [4.78, 5) is 0. The summed E-state index contributed by atoms with van der Waals surface area (Å²) in [5.41, 5.74) is 0. The molecule has 1 aliphatic carbocycles. The Morgan fingerprint density at radius 3 is 0.731 bits per heavy atom. The molecule has 0 heteroatoms. The molecule has 0 unspecified atom stereocenters. The van der Waals surface area contributed by atoms with Crippen LogP contribution in [0.15, 0.2) is 122 Å². The third kappa shape index (κ3) is 16.3. The van der Waals surface area contributed by atoms with Crippen molar-refractivity contribution in [3.63, 3.8) is 0 Å². The lowest BCUT2D eigenvalue weighted by Gasteiger charge is -1.96. The van der Waals surface area contributed by atoms with Gasteiger partial charge < -0.3 is 0 Å². The second kappa shape index (κ2) is 18.7. The molecule has 26 heavy (non-hydrogen) atoms. The summed E-state index contributed by atoms with van der Waals surface area (Å²) in [6.45, 7) is 0. The van der Waals surface area contributed by atoms with E-state index in [1.807, 2.05) is 72.9 Å². The lowest BCUT2D eigenvalue weighted by molar-refractivity contribution is 0.652. The van der Waals surface area contributed by atoms with Gasteiger partial charge in [0.2, 0.25) is 0 Å². The van der Waals surface area contributed by atoms with Gasteiger partial charge in [0.1, 0.15) is 0 Å². The highest BCUT2D eigenvalue weighted by atomic mass is 13.9. The Labute approximate surface area is 160 Å². The first-order valence-electron chi connectivity index (χ1n) is 9.65. The zero-order chi connectivity index (χ0) is 18.4. The third-order valence-corrected chi connectivity index (χ3v) is 3.65. The van der Waals surface area contributed by atoms with Crippen molar-refractivity contribution in [3.05, 3.63) is 122 Å². The Balaban J connectivity index is 2.49. The van der Waals surface area contributed by atoms with E-state index >= 15 is 0 Å². The van der Waals surface area contributed by atoms with Gasteiger partial charge in [-0.05, 0) is 25.7 Å². The fourth-order valence-electron chi connectivity index (χ4n) is 2.25. The van der Waals surface area contributed by atoms with Crippen molar-refractivity contribution in [2.45, 2.75) is 38.5 Å². The van der Waals surface area contributed by atoms with E-state index < -0.39 is 0 Å². The Morgan fingerprint density at radius 2 is 0.462 bits per heavy atom. The van der Waals surface area contributed by atoms with E-state index in [9.17, 15) is 0 Å². The summed E-state index contributed by atoms with van der Waals surface area (Å²) < 4.78 is 0. The molecular weight excluding hydrogens is 312 g/mol. The lowest BCUT2D eigenvalue weighted by Crippen LogP contribution is -1.76. The van der Waals surface area contributed by atoms with Crippen LogP contribution >= 0.6 is 0 Å². The summed E-state index contributed by atoms with van der Waals surface area (Å²) in [6, 6.07) is 0. The van der Waals surface area contributed by atoms with Gasteiger partial charge in [-0.2, -0.15) is 0 Å². The highest BCUT2D eigenvalue weighted by molar-refractivity contribution is 5.22. The molecule has 1 rings (SSSR count). The van der Waals surface area contributed by atoms with Crippen LogP contribution < -0.4 is 0 Å². The van der Waals surface area contributed by atoms with Crippen molar-refractivity contribution >= 4 is 0 Å². The average molecular weight is 345 g/mol. The van der Waals surface area contributed by atoms with Crippen molar-refractivity contribution in [3.8, 4) is 0 Å². The molecule has 0 aromatic heterocycles. The molecule has 0 N–H and O–H groups in total. The minimum atomic E-state index is 1.17. The van der Waals surface area contributed by atoms with Gasteiger partial charge >= 0.3 is 0 Å². The zero-order valence-electron chi connectivity index (χ0n) is 15.8. The molecule has 0 aliphatic heterocycles. The van der Waals surface area contributed by atoms with Crippen LogP contribution in [0.1, 0.15) is 38.5 Å². The topological polar surface area (TPSA) is 0 Å². The van der Waals surface area contributed by atoms with Gasteiger partial charge in [-0.3, -0.25) is 0 Å². The quantitative estimate of drug-likeness (QED) is 0.419. The maximum absolute atomic E-state index is 2.26. The fraction of sp³-hybridized carbons (Fsp3) is 0.231. The smallest absolute Gasteiger partial charge is 0.0348 e. The molecule has 1 aliphatic rings. The van der Waals surface area contributed by atoms with Gasteiger partial charge in [0.15, 0.2) is 0 Å². The van der Waals surface area contributed by atoms with Gasteiger partial charge in [-0.1, -0.05) is 134 Å². The Bertz CT molecular complexity index is 554. The van der Waals surface area contributed by atoms with Crippen molar-refractivity contribution in [1.82, 2.24) is 0 Å². The van der Waals surface area contributed by atoms with Crippen molar-refractivity contribution in [1.29, 1.82) is 0 Å². The zero-order valence-corrected chi connectivity index (χ0v) is 15.8. The molecule has 0 aromatic rings. The first-order chi connectivity index (χ1) is 13.0. The third-order valence-electron chi connectivity index (χ3n) is 3.65. The summed E-state index contributed by atoms with van der Waals surface area (Å²) >= 11 is 0. The second-order valence-corrected chi connectivity index (χ2v) is 5.93. The van der Waals surface area contributed by atoms with E-state index in [0.717, 1.165) is 0 Å².